The minimum atomic E-state index is -0.492. The number of aromatic nitrogens is 3. The van der Waals surface area contributed by atoms with Crippen molar-refractivity contribution < 1.29 is 4.79 Å². The summed E-state index contributed by atoms with van der Waals surface area (Å²) in [7, 11) is 0. The maximum atomic E-state index is 11.2. The predicted molar refractivity (Wildman–Crippen MR) is 82.3 cm³/mol. The largest absolute Gasteiger partial charge is 0.378 e. The number of halogens is 1. The van der Waals surface area contributed by atoms with Gasteiger partial charge in [-0.15, -0.1) is 5.10 Å². The molecular weight excluding hydrogens is 290 g/mol. The summed E-state index contributed by atoms with van der Waals surface area (Å²) in [4.78, 5) is 11.2. The number of nitrogens with zero attached hydrogens (tertiary/aromatic N) is 3. The van der Waals surface area contributed by atoms with Crippen LogP contribution in [0, 0.1) is 0 Å². The van der Waals surface area contributed by atoms with Crippen molar-refractivity contribution in [2.75, 3.05) is 5.32 Å². The fourth-order valence-corrected chi connectivity index (χ4v) is 1.89. The Balaban J connectivity index is 2.11. The van der Waals surface area contributed by atoms with Crippen molar-refractivity contribution >= 4 is 23.2 Å². The smallest absolute Gasteiger partial charge is 0.248 e. The molecule has 21 heavy (non-hydrogen) atoms. The Morgan fingerprint density at radius 3 is 2.71 bits per heavy atom. The first-order valence-corrected chi connectivity index (χ1v) is 6.90. The van der Waals surface area contributed by atoms with Crippen LogP contribution in [0.15, 0.2) is 24.4 Å². The third-order valence-corrected chi connectivity index (χ3v) is 3.27. The highest BCUT2D eigenvalue weighted by Crippen LogP contribution is 2.23. The molecule has 2 aromatic rings. The van der Waals surface area contributed by atoms with Crippen LogP contribution in [0.4, 0.5) is 5.69 Å². The van der Waals surface area contributed by atoms with Gasteiger partial charge in [0.1, 0.15) is 5.69 Å². The van der Waals surface area contributed by atoms with Crippen molar-refractivity contribution in [1.29, 1.82) is 0 Å². The number of nitrogens with two attached hydrogens (primary N) is 1. The second-order valence-electron chi connectivity index (χ2n) is 5.74. The Kier molecular flexibility index (Phi) is 4.18. The molecule has 1 heterocycles. The monoisotopic (exact) mass is 307 g/mol. The molecule has 0 saturated heterocycles. The SMILES string of the molecule is CC(C)(C)n1cc(CNc2cc(C(N)=O)ccc2Cl)nn1. The van der Waals surface area contributed by atoms with Crippen LogP contribution in [0.5, 0.6) is 0 Å². The number of primary amides is 1. The second kappa shape index (κ2) is 5.73. The fourth-order valence-electron chi connectivity index (χ4n) is 1.71. The van der Waals surface area contributed by atoms with E-state index in [9.17, 15) is 4.79 Å². The first-order valence-electron chi connectivity index (χ1n) is 6.52. The van der Waals surface area contributed by atoms with Crippen LogP contribution < -0.4 is 11.1 Å². The van der Waals surface area contributed by atoms with E-state index in [1.54, 1.807) is 22.9 Å². The van der Waals surface area contributed by atoms with Crippen LogP contribution in [-0.2, 0) is 12.1 Å². The summed E-state index contributed by atoms with van der Waals surface area (Å²) < 4.78 is 1.80. The van der Waals surface area contributed by atoms with Gasteiger partial charge in [0.15, 0.2) is 0 Å². The number of anilines is 1. The van der Waals surface area contributed by atoms with Gasteiger partial charge in [-0.1, -0.05) is 16.8 Å². The lowest BCUT2D eigenvalue weighted by Crippen LogP contribution is -2.22. The fraction of sp³-hybridized carbons (Fsp3) is 0.357. The number of carbonyl (C=O) groups is 1. The van der Waals surface area contributed by atoms with Crippen molar-refractivity contribution in [2.24, 2.45) is 5.73 Å². The highest BCUT2D eigenvalue weighted by Gasteiger charge is 2.15. The van der Waals surface area contributed by atoms with Crippen LogP contribution >= 0.6 is 11.6 Å². The molecule has 0 unspecified atom stereocenters. The number of benzene rings is 1. The molecule has 0 bridgehead atoms. The van der Waals surface area contributed by atoms with Gasteiger partial charge in [-0.05, 0) is 39.0 Å². The number of amides is 1. The van der Waals surface area contributed by atoms with E-state index < -0.39 is 5.91 Å². The molecule has 0 atom stereocenters. The summed E-state index contributed by atoms with van der Waals surface area (Å²) in [6, 6.07) is 4.85. The highest BCUT2D eigenvalue weighted by atomic mass is 35.5. The van der Waals surface area contributed by atoms with Gasteiger partial charge < -0.3 is 11.1 Å². The zero-order valence-corrected chi connectivity index (χ0v) is 13.0. The number of carbonyl (C=O) groups excluding carboxylic acids is 1. The quantitative estimate of drug-likeness (QED) is 0.908. The highest BCUT2D eigenvalue weighted by molar-refractivity contribution is 6.33. The number of hydrogen-bond acceptors (Lipinski definition) is 4. The van der Waals surface area contributed by atoms with Crippen LogP contribution in [0.3, 0.4) is 0 Å². The average Bonchev–Trinajstić information content (AvgIpc) is 2.86. The molecule has 0 fully saturated rings. The molecule has 0 spiro atoms. The summed E-state index contributed by atoms with van der Waals surface area (Å²) in [6.07, 6.45) is 1.87. The van der Waals surface area contributed by atoms with Crippen LogP contribution in [0.25, 0.3) is 0 Å². The molecule has 1 aromatic heterocycles. The van der Waals surface area contributed by atoms with Gasteiger partial charge in [-0.3, -0.25) is 4.79 Å². The Labute approximate surface area is 128 Å². The molecule has 2 rings (SSSR count). The maximum absolute atomic E-state index is 11.2. The molecule has 0 radical (unpaired) electrons. The zero-order valence-electron chi connectivity index (χ0n) is 12.2. The minimum Gasteiger partial charge on any atom is -0.378 e. The van der Waals surface area contributed by atoms with Gasteiger partial charge >= 0.3 is 0 Å². The van der Waals surface area contributed by atoms with Gasteiger partial charge in [-0.25, -0.2) is 4.68 Å². The van der Waals surface area contributed by atoms with Gasteiger partial charge in [-0.2, -0.15) is 0 Å². The third-order valence-electron chi connectivity index (χ3n) is 2.94. The molecule has 7 heteroatoms. The molecule has 112 valence electrons. The molecule has 0 saturated carbocycles. The van der Waals surface area contributed by atoms with E-state index in [4.69, 9.17) is 17.3 Å². The second-order valence-corrected chi connectivity index (χ2v) is 6.14. The van der Waals surface area contributed by atoms with E-state index in [1.165, 1.54) is 0 Å². The van der Waals surface area contributed by atoms with E-state index in [2.05, 4.69) is 15.6 Å². The lowest BCUT2D eigenvalue weighted by atomic mass is 10.1. The minimum absolute atomic E-state index is 0.116. The Morgan fingerprint density at radius 1 is 1.43 bits per heavy atom. The molecule has 0 aliphatic rings. The van der Waals surface area contributed by atoms with Gasteiger partial charge in [0.2, 0.25) is 5.91 Å². The average molecular weight is 308 g/mol. The Bertz CT molecular complexity index is 660. The van der Waals surface area contributed by atoms with E-state index in [-0.39, 0.29) is 5.54 Å². The molecule has 0 aliphatic heterocycles. The molecular formula is C14H18ClN5O. The van der Waals surface area contributed by atoms with Crippen molar-refractivity contribution in [3.8, 4) is 0 Å². The number of nitrogens with one attached hydrogen (secondary N) is 1. The molecule has 6 nitrogen and oxygen atoms in total. The summed E-state index contributed by atoms with van der Waals surface area (Å²) in [5.41, 5.74) is 6.96. The molecule has 1 aromatic carbocycles. The van der Waals surface area contributed by atoms with Crippen LogP contribution in [-0.4, -0.2) is 20.9 Å². The third kappa shape index (κ3) is 3.72. The lowest BCUT2D eigenvalue weighted by Gasteiger charge is -2.17. The summed E-state index contributed by atoms with van der Waals surface area (Å²) in [5.74, 6) is -0.492. The number of hydrogen-bond donors (Lipinski definition) is 2. The van der Waals surface area contributed by atoms with Gasteiger partial charge in [0.05, 0.1) is 29.0 Å². The number of rotatable bonds is 4. The van der Waals surface area contributed by atoms with E-state index in [0.29, 0.717) is 22.8 Å². The van der Waals surface area contributed by atoms with E-state index >= 15 is 0 Å². The summed E-state index contributed by atoms with van der Waals surface area (Å²) in [5, 5.41) is 11.8. The van der Waals surface area contributed by atoms with Crippen LogP contribution in [0.2, 0.25) is 5.02 Å². The van der Waals surface area contributed by atoms with E-state index in [1.807, 2.05) is 27.0 Å². The van der Waals surface area contributed by atoms with Crippen molar-refractivity contribution in [2.45, 2.75) is 32.9 Å². The molecule has 3 N–H and O–H groups in total. The standard InChI is InChI=1S/C14H18ClN5O/c1-14(2,3)20-8-10(18-19-20)7-17-12-6-9(13(16)21)4-5-11(12)15/h4-6,8,17H,7H2,1-3H3,(H2,16,21). The van der Waals surface area contributed by atoms with Gasteiger partial charge in [0.25, 0.3) is 0 Å². The lowest BCUT2D eigenvalue weighted by molar-refractivity contribution is 0.100. The topological polar surface area (TPSA) is 85.8 Å². The molecule has 1 amide bonds. The van der Waals surface area contributed by atoms with Gasteiger partial charge in [0, 0.05) is 5.56 Å². The first kappa shape index (κ1) is 15.3. The maximum Gasteiger partial charge on any atom is 0.248 e. The first-order chi connectivity index (χ1) is 9.77. The normalized spacial score (nSPS) is 11.4. The Morgan fingerprint density at radius 2 is 2.14 bits per heavy atom. The predicted octanol–water partition coefficient (Wildman–Crippen LogP) is 2.40. The summed E-state index contributed by atoms with van der Waals surface area (Å²) in [6.45, 7) is 6.60. The van der Waals surface area contributed by atoms with Crippen molar-refractivity contribution in [1.82, 2.24) is 15.0 Å². The van der Waals surface area contributed by atoms with Crippen molar-refractivity contribution in [3.63, 3.8) is 0 Å². The zero-order chi connectivity index (χ0) is 15.6. The Hall–Kier alpha value is -2.08. The summed E-state index contributed by atoms with van der Waals surface area (Å²) >= 11 is 6.09. The van der Waals surface area contributed by atoms with Crippen LogP contribution in [0.1, 0.15) is 36.8 Å². The van der Waals surface area contributed by atoms with Crippen molar-refractivity contribution in [3.05, 3.63) is 40.7 Å². The van der Waals surface area contributed by atoms with E-state index in [0.717, 1.165) is 5.69 Å². The molecule has 0 aliphatic carbocycles.